The van der Waals surface area contributed by atoms with Crippen molar-refractivity contribution in [2.45, 2.75) is 20.3 Å². The highest BCUT2D eigenvalue weighted by atomic mass is 19.1. The van der Waals surface area contributed by atoms with Gasteiger partial charge >= 0.3 is 0 Å². The molecule has 0 unspecified atom stereocenters. The molecule has 0 amide bonds. The molecule has 0 atom stereocenters. The van der Waals surface area contributed by atoms with Crippen LogP contribution in [0.1, 0.15) is 18.1 Å². The zero-order valence-corrected chi connectivity index (χ0v) is 16.9. The first-order chi connectivity index (χ1) is 14.1. The minimum absolute atomic E-state index is 0.201. The first-order valence-corrected chi connectivity index (χ1v) is 10.1. The van der Waals surface area contributed by atoms with Crippen LogP contribution >= 0.6 is 0 Å². The van der Waals surface area contributed by atoms with E-state index >= 15 is 0 Å². The van der Waals surface area contributed by atoms with E-state index in [1.165, 1.54) is 23.3 Å². The summed E-state index contributed by atoms with van der Waals surface area (Å²) < 4.78 is 13.2. The van der Waals surface area contributed by atoms with E-state index in [2.05, 4.69) is 52.1 Å². The second-order valence-electron chi connectivity index (χ2n) is 7.28. The predicted octanol–water partition coefficient (Wildman–Crippen LogP) is 4.56. The lowest BCUT2D eigenvalue weighted by atomic mass is 10.1. The molecule has 0 spiro atoms. The van der Waals surface area contributed by atoms with Crippen molar-refractivity contribution in [2.75, 3.05) is 41.3 Å². The topological polar surface area (TPSA) is 44.3 Å². The molecule has 1 N–H and O–H groups in total. The number of benzene rings is 2. The third-order valence-corrected chi connectivity index (χ3v) is 5.41. The van der Waals surface area contributed by atoms with Gasteiger partial charge in [-0.15, -0.1) is 0 Å². The van der Waals surface area contributed by atoms with Gasteiger partial charge in [-0.2, -0.15) is 4.98 Å². The smallest absolute Gasteiger partial charge is 0.229 e. The Hall–Kier alpha value is -3.15. The molecular weight excluding hydrogens is 365 g/mol. The summed E-state index contributed by atoms with van der Waals surface area (Å²) >= 11 is 0. The maximum absolute atomic E-state index is 13.2. The molecule has 4 rings (SSSR count). The van der Waals surface area contributed by atoms with Gasteiger partial charge in [-0.05, 0) is 54.8 Å². The fourth-order valence-electron chi connectivity index (χ4n) is 3.74. The molecule has 0 bridgehead atoms. The molecule has 1 fully saturated rings. The lowest BCUT2D eigenvalue weighted by molar-refractivity contribution is 0.624. The molecular formula is C23H26FN5. The summed E-state index contributed by atoms with van der Waals surface area (Å²) in [6.07, 6.45) is 2.76. The fourth-order valence-corrected chi connectivity index (χ4v) is 3.74. The van der Waals surface area contributed by atoms with Gasteiger partial charge in [0.1, 0.15) is 11.6 Å². The number of hydrogen-bond donors (Lipinski definition) is 1. The average Bonchev–Trinajstić information content (AvgIpc) is 2.76. The van der Waals surface area contributed by atoms with Crippen LogP contribution in [0.5, 0.6) is 0 Å². The van der Waals surface area contributed by atoms with Crippen molar-refractivity contribution in [2.24, 2.45) is 0 Å². The summed E-state index contributed by atoms with van der Waals surface area (Å²) in [5.74, 6) is 1.34. The third-order valence-electron chi connectivity index (χ3n) is 5.41. The number of hydrogen-bond acceptors (Lipinski definition) is 5. The monoisotopic (exact) mass is 391 g/mol. The van der Waals surface area contributed by atoms with Crippen LogP contribution in [0.3, 0.4) is 0 Å². The van der Waals surface area contributed by atoms with Gasteiger partial charge in [-0.25, -0.2) is 9.37 Å². The largest absolute Gasteiger partial charge is 0.368 e. The summed E-state index contributed by atoms with van der Waals surface area (Å²) in [5.41, 5.74) is 4.59. The molecule has 0 radical (unpaired) electrons. The van der Waals surface area contributed by atoms with E-state index in [1.807, 2.05) is 18.2 Å². The van der Waals surface area contributed by atoms with E-state index < -0.39 is 0 Å². The maximum Gasteiger partial charge on any atom is 0.229 e. The predicted molar refractivity (Wildman–Crippen MR) is 117 cm³/mol. The van der Waals surface area contributed by atoms with Gasteiger partial charge in [0.15, 0.2) is 0 Å². The Balaban J connectivity index is 1.45. The Morgan fingerprint density at radius 1 is 0.966 bits per heavy atom. The van der Waals surface area contributed by atoms with Crippen molar-refractivity contribution < 1.29 is 4.39 Å². The lowest BCUT2D eigenvalue weighted by Gasteiger charge is -2.36. The molecule has 29 heavy (non-hydrogen) atoms. The third kappa shape index (κ3) is 4.31. The molecule has 0 aliphatic carbocycles. The molecule has 1 aliphatic rings. The summed E-state index contributed by atoms with van der Waals surface area (Å²) in [4.78, 5) is 13.7. The Morgan fingerprint density at radius 3 is 2.41 bits per heavy atom. The number of para-hydroxylation sites is 1. The van der Waals surface area contributed by atoms with E-state index in [1.54, 1.807) is 6.20 Å². The van der Waals surface area contributed by atoms with Crippen LogP contribution in [0.4, 0.5) is 27.5 Å². The number of nitrogens with one attached hydrogen (secondary N) is 1. The highest BCUT2D eigenvalue weighted by Gasteiger charge is 2.19. The van der Waals surface area contributed by atoms with Crippen LogP contribution in [0, 0.1) is 12.7 Å². The second kappa shape index (κ2) is 8.47. The van der Waals surface area contributed by atoms with Crippen molar-refractivity contribution in [1.29, 1.82) is 0 Å². The number of rotatable bonds is 5. The SMILES string of the molecule is CCc1cccc(C)c1Nc1nccc(N2CCN(c3ccc(F)cc3)CC2)n1. The Kier molecular flexibility index (Phi) is 5.60. The van der Waals surface area contributed by atoms with Crippen LogP contribution in [0.15, 0.2) is 54.7 Å². The Labute approximate surface area is 171 Å². The van der Waals surface area contributed by atoms with E-state index in [9.17, 15) is 4.39 Å². The van der Waals surface area contributed by atoms with Crippen LogP contribution in [0.25, 0.3) is 0 Å². The number of nitrogens with zero attached hydrogens (tertiary/aromatic N) is 4. The first kappa shape index (κ1) is 19.2. The molecule has 3 aromatic rings. The minimum Gasteiger partial charge on any atom is -0.368 e. The molecule has 1 saturated heterocycles. The van der Waals surface area contributed by atoms with Gasteiger partial charge in [-0.3, -0.25) is 0 Å². The minimum atomic E-state index is -0.201. The fraction of sp³-hybridized carbons (Fsp3) is 0.304. The highest BCUT2D eigenvalue weighted by molar-refractivity contribution is 5.64. The van der Waals surface area contributed by atoms with Crippen LogP contribution < -0.4 is 15.1 Å². The number of aromatic nitrogens is 2. The molecule has 2 heterocycles. The molecule has 6 heteroatoms. The van der Waals surface area contributed by atoms with Crippen molar-refractivity contribution in [3.05, 3.63) is 71.7 Å². The van der Waals surface area contributed by atoms with E-state index in [0.717, 1.165) is 49.8 Å². The van der Waals surface area contributed by atoms with Gasteiger partial charge in [0.25, 0.3) is 0 Å². The number of piperazine rings is 1. The Morgan fingerprint density at radius 2 is 1.69 bits per heavy atom. The quantitative estimate of drug-likeness (QED) is 0.691. The molecule has 150 valence electrons. The zero-order valence-electron chi connectivity index (χ0n) is 16.9. The van der Waals surface area contributed by atoms with E-state index in [4.69, 9.17) is 4.98 Å². The zero-order chi connectivity index (χ0) is 20.2. The highest BCUT2D eigenvalue weighted by Crippen LogP contribution is 2.25. The van der Waals surface area contributed by atoms with Crippen LogP contribution in [0.2, 0.25) is 0 Å². The van der Waals surface area contributed by atoms with Gasteiger partial charge < -0.3 is 15.1 Å². The second-order valence-corrected chi connectivity index (χ2v) is 7.28. The van der Waals surface area contributed by atoms with Crippen molar-refractivity contribution in [1.82, 2.24) is 9.97 Å². The molecule has 0 saturated carbocycles. The van der Waals surface area contributed by atoms with Crippen molar-refractivity contribution in [3.8, 4) is 0 Å². The summed E-state index contributed by atoms with van der Waals surface area (Å²) in [7, 11) is 0. The summed E-state index contributed by atoms with van der Waals surface area (Å²) in [6, 6.07) is 15.0. The van der Waals surface area contributed by atoms with Crippen molar-refractivity contribution >= 4 is 23.1 Å². The van der Waals surface area contributed by atoms with Gasteiger partial charge in [0, 0.05) is 43.8 Å². The number of aryl methyl sites for hydroxylation is 2. The van der Waals surface area contributed by atoms with Gasteiger partial charge in [-0.1, -0.05) is 25.1 Å². The first-order valence-electron chi connectivity index (χ1n) is 10.1. The lowest BCUT2D eigenvalue weighted by Crippen LogP contribution is -2.46. The van der Waals surface area contributed by atoms with Gasteiger partial charge in [0.05, 0.1) is 0 Å². The van der Waals surface area contributed by atoms with Gasteiger partial charge in [0.2, 0.25) is 5.95 Å². The molecule has 5 nitrogen and oxygen atoms in total. The Bertz CT molecular complexity index is 965. The molecule has 2 aromatic carbocycles. The standard InChI is InChI=1S/C23H26FN5/c1-3-18-6-4-5-17(2)22(18)27-23-25-12-11-21(26-23)29-15-13-28(14-16-29)20-9-7-19(24)8-10-20/h4-12H,3,13-16H2,1-2H3,(H,25,26,27). The number of halogens is 1. The van der Waals surface area contributed by atoms with E-state index in [-0.39, 0.29) is 5.82 Å². The van der Waals surface area contributed by atoms with Crippen molar-refractivity contribution in [3.63, 3.8) is 0 Å². The van der Waals surface area contributed by atoms with E-state index in [0.29, 0.717) is 5.95 Å². The maximum atomic E-state index is 13.2. The van der Waals surface area contributed by atoms with Crippen LogP contribution in [-0.2, 0) is 6.42 Å². The molecule has 1 aromatic heterocycles. The average molecular weight is 391 g/mol. The number of anilines is 4. The summed E-state index contributed by atoms with van der Waals surface area (Å²) in [6.45, 7) is 7.71. The normalized spacial score (nSPS) is 14.2. The van der Waals surface area contributed by atoms with Crippen LogP contribution in [-0.4, -0.2) is 36.1 Å². The summed E-state index contributed by atoms with van der Waals surface area (Å²) in [5, 5.41) is 3.42. The molecule has 1 aliphatic heterocycles.